The third-order valence-corrected chi connectivity index (χ3v) is 6.03. The van der Waals surface area contributed by atoms with Crippen molar-refractivity contribution in [3.05, 3.63) is 64.9 Å². The minimum atomic E-state index is -5.08. The highest BCUT2D eigenvalue weighted by Crippen LogP contribution is 2.28. The number of carboxylic acids is 1. The second kappa shape index (κ2) is 12.2. The van der Waals surface area contributed by atoms with Gasteiger partial charge in [-0.3, -0.25) is 9.36 Å². The number of hydrogen-bond acceptors (Lipinski definition) is 6. The lowest BCUT2D eigenvalue weighted by atomic mass is 10.2. The van der Waals surface area contributed by atoms with E-state index in [2.05, 4.69) is 27.3 Å². The van der Waals surface area contributed by atoms with Crippen LogP contribution in [0.5, 0.6) is 0 Å². The number of aromatic nitrogens is 2. The number of benzene rings is 1. The summed E-state index contributed by atoms with van der Waals surface area (Å²) in [7, 11) is 2.08. The van der Waals surface area contributed by atoms with Crippen molar-refractivity contribution in [2.24, 2.45) is 0 Å². The number of halogens is 4. The van der Waals surface area contributed by atoms with Gasteiger partial charge in [-0.1, -0.05) is 5.16 Å². The van der Waals surface area contributed by atoms with E-state index in [1.54, 1.807) is 12.1 Å². The zero-order chi connectivity index (χ0) is 28.9. The number of alkyl halides is 3. The molecular weight excluding hydrogens is 522 g/mol. The SMILES string of the molecule is Cc1cc(-n2c(C)cc(/C=C/C(=O)Nc3cc(F)ccc3N3CCN(C)CC3)c2C)no1.O=C(O)C(F)(F)F. The Hall–Kier alpha value is -4.13. The first-order chi connectivity index (χ1) is 18.3. The van der Waals surface area contributed by atoms with Crippen LogP contribution in [0.15, 0.2) is 40.9 Å². The molecule has 2 aromatic heterocycles. The van der Waals surface area contributed by atoms with Gasteiger partial charge in [0.1, 0.15) is 11.6 Å². The van der Waals surface area contributed by atoms with Gasteiger partial charge in [0.15, 0.2) is 5.82 Å². The molecule has 13 heteroatoms. The smallest absolute Gasteiger partial charge is 0.475 e. The summed E-state index contributed by atoms with van der Waals surface area (Å²) >= 11 is 0. The Bertz CT molecular complexity index is 1350. The summed E-state index contributed by atoms with van der Waals surface area (Å²) in [4.78, 5) is 26.0. The number of nitrogens with zero attached hydrogens (tertiary/aromatic N) is 4. The summed E-state index contributed by atoms with van der Waals surface area (Å²) in [5.74, 6) is -2.01. The molecule has 0 saturated carbocycles. The van der Waals surface area contributed by atoms with Gasteiger partial charge in [0.2, 0.25) is 5.91 Å². The number of anilines is 2. The van der Waals surface area contributed by atoms with Crippen LogP contribution in [0.1, 0.15) is 22.7 Å². The molecule has 3 heterocycles. The van der Waals surface area contributed by atoms with Crippen LogP contribution in [-0.2, 0) is 9.59 Å². The molecular formula is C26H29F4N5O4. The molecule has 1 amide bonds. The molecule has 0 unspecified atom stereocenters. The summed E-state index contributed by atoms with van der Waals surface area (Å²) in [5.41, 5.74) is 4.15. The Kier molecular flexibility index (Phi) is 9.17. The zero-order valence-corrected chi connectivity index (χ0v) is 21.8. The van der Waals surface area contributed by atoms with Gasteiger partial charge >= 0.3 is 12.1 Å². The van der Waals surface area contributed by atoms with E-state index in [-0.39, 0.29) is 11.7 Å². The van der Waals surface area contributed by atoms with Gasteiger partial charge in [-0.2, -0.15) is 13.2 Å². The summed E-state index contributed by atoms with van der Waals surface area (Å²) in [6.45, 7) is 9.29. The van der Waals surface area contributed by atoms with Crippen LogP contribution in [0, 0.1) is 26.6 Å². The van der Waals surface area contributed by atoms with E-state index in [0.717, 1.165) is 54.6 Å². The van der Waals surface area contributed by atoms with Crippen molar-refractivity contribution in [3.63, 3.8) is 0 Å². The van der Waals surface area contributed by atoms with E-state index in [9.17, 15) is 22.4 Å². The Morgan fingerprint density at radius 1 is 1.08 bits per heavy atom. The van der Waals surface area contributed by atoms with E-state index < -0.39 is 12.1 Å². The summed E-state index contributed by atoms with van der Waals surface area (Å²) in [6.07, 6.45) is -1.85. The van der Waals surface area contributed by atoms with Crippen molar-refractivity contribution in [3.8, 4) is 5.82 Å². The summed E-state index contributed by atoms with van der Waals surface area (Å²) in [5, 5.41) is 14.1. The maximum Gasteiger partial charge on any atom is 0.490 e. The Balaban J connectivity index is 0.000000532. The normalized spacial score (nSPS) is 14.3. The topological polar surface area (TPSA) is 104 Å². The van der Waals surface area contributed by atoms with E-state index in [1.165, 1.54) is 18.2 Å². The first-order valence-corrected chi connectivity index (χ1v) is 11.9. The molecule has 3 aromatic rings. The van der Waals surface area contributed by atoms with Crippen molar-refractivity contribution < 1.29 is 36.8 Å². The van der Waals surface area contributed by atoms with Gasteiger partial charge in [-0.15, -0.1) is 0 Å². The van der Waals surface area contributed by atoms with Crippen molar-refractivity contribution in [2.45, 2.75) is 26.9 Å². The van der Waals surface area contributed by atoms with Crippen LogP contribution in [0.3, 0.4) is 0 Å². The van der Waals surface area contributed by atoms with Gasteiger partial charge in [-0.25, -0.2) is 9.18 Å². The molecule has 210 valence electrons. The van der Waals surface area contributed by atoms with Gasteiger partial charge in [0, 0.05) is 49.7 Å². The lowest BCUT2D eigenvalue weighted by Crippen LogP contribution is -2.44. The average Bonchev–Trinajstić information content (AvgIpc) is 3.39. The first-order valence-electron chi connectivity index (χ1n) is 11.9. The molecule has 1 aromatic carbocycles. The van der Waals surface area contributed by atoms with Crippen LogP contribution in [0.2, 0.25) is 0 Å². The molecule has 1 saturated heterocycles. The number of carbonyl (C=O) groups is 2. The molecule has 0 atom stereocenters. The predicted molar refractivity (Wildman–Crippen MR) is 138 cm³/mol. The van der Waals surface area contributed by atoms with E-state index >= 15 is 0 Å². The molecule has 4 rings (SSSR count). The number of nitrogens with one attached hydrogen (secondary N) is 1. The zero-order valence-electron chi connectivity index (χ0n) is 21.8. The van der Waals surface area contributed by atoms with E-state index in [1.807, 2.05) is 37.5 Å². The van der Waals surface area contributed by atoms with Crippen LogP contribution in [-0.4, -0.2) is 71.0 Å². The molecule has 39 heavy (non-hydrogen) atoms. The largest absolute Gasteiger partial charge is 0.490 e. The van der Waals surface area contributed by atoms with Crippen LogP contribution in [0.4, 0.5) is 28.9 Å². The molecule has 0 aliphatic carbocycles. The third kappa shape index (κ3) is 7.69. The second-order valence-corrected chi connectivity index (χ2v) is 9.03. The maximum atomic E-state index is 13.9. The number of hydrogen-bond donors (Lipinski definition) is 2. The summed E-state index contributed by atoms with van der Waals surface area (Å²) in [6, 6.07) is 8.39. The van der Waals surface area contributed by atoms with Crippen molar-refractivity contribution in [2.75, 3.05) is 43.4 Å². The number of rotatable bonds is 5. The van der Waals surface area contributed by atoms with E-state index in [0.29, 0.717) is 11.5 Å². The Morgan fingerprint density at radius 2 is 1.72 bits per heavy atom. The fraction of sp³-hybridized carbons (Fsp3) is 0.346. The Morgan fingerprint density at radius 3 is 2.28 bits per heavy atom. The highest BCUT2D eigenvalue weighted by molar-refractivity contribution is 6.04. The molecule has 9 nitrogen and oxygen atoms in total. The van der Waals surface area contributed by atoms with Gasteiger partial charge in [-0.05, 0) is 63.7 Å². The minimum Gasteiger partial charge on any atom is -0.475 e. The van der Waals surface area contributed by atoms with E-state index in [4.69, 9.17) is 14.4 Å². The highest BCUT2D eigenvalue weighted by atomic mass is 19.4. The monoisotopic (exact) mass is 551 g/mol. The minimum absolute atomic E-state index is 0.312. The number of aliphatic carboxylic acids is 1. The van der Waals surface area contributed by atoms with Gasteiger partial charge < -0.3 is 24.7 Å². The average molecular weight is 552 g/mol. The second-order valence-electron chi connectivity index (χ2n) is 9.03. The molecule has 0 bridgehead atoms. The number of likely N-dealkylation sites (N-methyl/N-ethyl adjacent to an activating group) is 1. The van der Waals surface area contributed by atoms with Crippen molar-refractivity contribution in [1.82, 2.24) is 14.6 Å². The van der Waals surface area contributed by atoms with Gasteiger partial charge in [0.05, 0.1) is 11.4 Å². The maximum absolute atomic E-state index is 13.9. The summed E-state index contributed by atoms with van der Waals surface area (Å²) < 4.78 is 52.8. The Labute approximate surface area is 222 Å². The van der Waals surface area contributed by atoms with Crippen molar-refractivity contribution >= 4 is 29.3 Å². The third-order valence-electron chi connectivity index (χ3n) is 6.03. The number of piperazine rings is 1. The van der Waals surface area contributed by atoms with Crippen LogP contribution < -0.4 is 10.2 Å². The van der Waals surface area contributed by atoms with Crippen molar-refractivity contribution in [1.29, 1.82) is 0 Å². The fourth-order valence-corrected chi connectivity index (χ4v) is 4.04. The number of aryl methyl sites for hydroxylation is 2. The lowest BCUT2D eigenvalue weighted by molar-refractivity contribution is -0.192. The fourth-order valence-electron chi connectivity index (χ4n) is 4.04. The van der Waals surface area contributed by atoms with Crippen LogP contribution in [0.25, 0.3) is 11.9 Å². The quantitative estimate of drug-likeness (QED) is 0.354. The number of carboxylic acid groups (broad SMARTS) is 1. The standard InChI is InChI=1S/C24H28FN5O2.C2HF3O2/c1-16-13-19(18(3)30(16)23-14-17(2)32-27-23)5-8-24(31)26-21-15-20(25)6-7-22(21)29-11-9-28(4)10-12-29;3-2(4,5)1(6)7/h5-8,13-15H,9-12H2,1-4H3,(H,26,31);(H,6,7)/b8-5+;. The predicted octanol–water partition coefficient (Wildman–Crippen LogP) is 4.57. The number of carbonyl (C=O) groups excluding carboxylic acids is 1. The first kappa shape index (κ1) is 29.4. The van der Waals surface area contributed by atoms with Gasteiger partial charge in [0.25, 0.3) is 0 Å². The lowest BCUT2D eigenvalue weighted by Gasteiger charge is -2.35. The molecule has 1 aliphatic heterocycles. The number of amides is 1. The highest BCUT2D eigenvalue weighted by Gasteiger charge is 2.38. The van der Waals surface area contributed by atoms with Crippen LogP contribution >= 0.6 is 0 Å². The molecule has 1 aliphatic rings. The molecule has 0 radical (unpaired) electrons. The molecule has 1 fully saturated rings. The molecule has 2 N–H and O–H groups in total. The molecule has 0 spiro atoms.